The van der Waals surface area contributed by atoms with E-state index < -0.39 is 27.9 Å². The number of hydrogen-bond acceptors (Lipinski definition) is 7. The van der Waals surface area contributed by atoms with Crippen LogP contribution in [0.2, 0.25) is 0 Å². The van der Waals surface area contributed by atoms with Crippen LogP contribution in [0.5, 0.6) is 0 Å². The number of rotatable bonds is 8. The predicted molar refractivity (Wildman–Crippen MR) is 146 cm³/mol. The number of anilines is 1. The number of nitrogens with two attached hydrogens (primary N) is 1. The number of carbonyl (C=O) groups is 3. The molecule has 0 saturated carbocycles. The summed E-state index contributed by atoms with van der Waals surface area (Å²) in [5.74, 6) is -1.18. The van der Waals surface area contributed by atoms with E-state index in [1.165, 1.54) is 47.0 Å². The summed E-state index contributed by atoms with van der Waals surface area (Å²) in [7, 11) is -2.28. The minimum atomic E-state index is -3.78. The van der Waals surface area contributed by atoms with Crippen LogP contribution in [0.25, 0.3) is 0 Å². The van der Waals surface area contributed by atoms with Gasteiger partial charge in [-0.3, -0.25) is 19.8 Å². The molecule has 12 heteroatoms. The van der Waals surface area contributed by atoms with E-state index >= 15 is 0 Å². The zero-order valence-electron chi connectivity index (χ0n) is 21.1. The second-order valence-corrected chi connectivity index (χ2v) is 12.0. The number of primary amides is 1. The lowest BCUT2D eigenvalue weighted by molar-refractivity contribution is 0.0965. The third kappa shape index (κ3) is 5.94. The number of amides is 4. The van der Waals surface area contributed by atoms with Crippen molar-refractivity contribution in [2.45, 2.75) is 31.3 Å². The molecule has 0 aliphatic carbocycles. The molecule has 4 amide bonds. The number of benzene rings is 2. The Hall–Kier alpha value is -3.58. The number of hydrogen-bond donors (Lipinski definition) is 3. The molecule has 0 spiro atoms. The van der Waals surface area contributed by atoms with E-state index in [0.29, 0.717) is 18.0 Å². The Morgan fingerprint density at radius 1 is 1.05 bits per heavy atom. The Labute approximate surface area is 225 Å². The molecule has 1 aliphatic heterocycles. The molecule has 4 rings (SSSR count). The van der Waals surface area contributed by atoms with Crippen LogP contribution < -0.4 is 16.4 Å². The number of urea groups is 1. The summed E-state index contributed by atoms with van der Waals surface area (Å²) in [6.07, 6.45) is 0.597. The summed E-state index contributed by atoms with van der Waals surface area (Å²) in [4.78, 5) is 40.4. The van der Waals surface area contributed by atoms with Crippen LogP contribution in [0.4, 0.5) is 9.80 Å². The zero-order valence-corrected chi connectivity index (χ0v) is 22.7. The monoisotopic (exact) mass is 555 g/mol. The molecule has 0 atom stereocenters. The van der Waals surface area contributed by atoms with E-state index in [2.05, 4.69) is 15.5 Å². The molecule has 0 bridgehead atoms. The van der Waals surface area contributed by atoms with Crippen molar-refractivity contribution in [1.29, 1.82) is 0 Å². The Morgan fingerprint density at radius 3 is 2.37 bits per heavy atom. The van der Waals surface area contributed by atoms with Crippen LogP contribution >= 0.6 is 11.3 Å². The van der Waals surface area contributed by atoms with Crippen molar-refractivity contribution < 1.29 is 22.8 Å². The van der Waals surface area contributed by atoms with Crippen molar-refractivity contribution in [3.63, 3.8) is 0 Å². The van der Waals surface area contributed by atoms with Crippen molar-refractivity contribution in [1.82, 2.24) is 14.5 Å². The Morgan fingerprint density at radius 2 is 1.74 bits per heavy atom. The number of carbonyl (C=O) groups excluding carboxylic acids is 3. The Bertz CT molecular complexity index is 1450. The molecule has 2 aromatic carbocycles. The molecule has 0 saturated heterocycles. The number of imide groups is 1. The summed E-state index contributed by atoms with van der Waals surface area (Å²) < 4.78 is 27.3. The Balaban J connectivity index is 1.54. The van der Waals surface area contributed by atoms with Gasteiger partial charge in [0.15, 0.2) is 0 Å². The molecule has 0 unspecified atom stereocenters. The van der Waals surface area contributed by atoms with Gasteiger partial charge < -0.3 is 11.1 Å². The highest BCUT2D eigenvalue weighted by Crippen LogP contribution is 2.37. The van der Waals surface area contributed by atoms with Gasteiger partial charge in [-0.2, -0.15) is 4.31 Å². The quantitative estimate of drug-likeness (QED) is 0.390. The van der Waals surface area contributed by atoms with Gasteiger partial charge in [-0.1, -0.05) is 37.3 Å². The molecule has 3 aromatic rings. The number of thiophene rings is 1. The van der Waals surface area contributed by atoms with Gasteiger partial charge in [0, 0.05) is 37.1 Å². The van der Waals surface area contributed by atoms with Crippen LogP contribution in [0, 0.1) is 0 Å². The molecule has 4 N–H and O–H groups in total. The van der Waals surface area contributed by atoms with Crippen LogP contribution in [-0.2, 0) is 29.5 Å². The van der Waals surface area contributed by atoms with E-state index in [9.17, 15) is 22.8 Å². The number of likely N-dealkylation sites (N-methyl/N-ethyl adjacent to an activating group) is 1. The maximum Gasteiger partial charge on any atom is 0.319 e. The molecule has 0 radical (unpaired) electrons. The summed E-state index contributed by atoms with van der Waals surface area (Å²) in [6.45, 7) is 4.48. The van der Waals surface area contributed by atoms with Gasteiger partial charge >= 0.3 is 6.03 Å². The maximum absolute atomic E-state index is 13.1. The second-order valence-electron chi connectivity index (χ2n) is 8.87. The SMILES string of the molecule is CCN1CCc2c(sc(NC(=O)c3ccc(S(=O)(=O)N(C)Cc4ccccc4)cc3)c2C(=O)NC(N)=O)C1. The topological polar surface area (TPSA) is 142 Å². The van der Waals surface area contributed by atoms with Gasteiger partial charge in [0.05, 0.1) is 10.5 Å². The molecule has 1 aromatic heterocycles. The van der Waals surface area contributed by atoms with Gasteiger partial charge in [0.2, 0.25) is 10.0 Å². The lowest BCUT2D eigenvalue weighted by Gasteiger charge is -2.25. The molecule has 2 heterocycles. The zero-order chi connectivity index (χ0) is 27.4. The number of nitrogens with one attached hydrogen (secondary N) is 2. The first-order valence-electron chi connectivity index (χ1n) is 12.0. The fourth-order valence-corrected chi connectivity index (χ4v) is 6.73. The van der Waals surface area contributed by atoms with E-state index in [1.807, 2.05) is 37.3 Å². The van der Waals surface area contributed by atoms with Gasteiger partial charge in [0.25, 0.3) is 11.8 Å². The molecule has 1 aliphatic rings. The average Bonchev–Trinajstić information content (AvgIpc) is 3.25. The lowest BCUT2D eigenvalue weighted by atomic mass is 10.0. The van der Waals surface area contributed by atoms with E-state index in [4.69, 9.17) is 5.73 Å². The predicted octanol–water partition coefficient (Wildman–Crippen LogP) is 3.01. The first-order valence-corrected chi connectivity index (χ1v) is 14.2. The summed E-state index contributed by atoms with van der Waals surface area (Å²) >= 11 is 1.28. The minimum Gasteiger partial charge on any atom is -0.351 e. The Kier molecular flexibility index (Phi) is 8.26. The van der Waals surface area contributed by atoms with Crippen molar-refractivity contribution in [3.05, 3.63) is 81.7 Å². The van der Waals surface area contributed by atoms with Crippen LogP contribution in [-0.4, -0.2) is 55.6 Å². The molecular weight excluding hydrogens is 526 g/mol. The third-order valence-corrected chi connectivity index (χ3v) is 9.30. The van der Waals surface area contributed by atoms with Gasteiger partial charge in [-0.25, -0.2) is 13.2 Å². The highest BCUT2D eigenvalue weighted by atomic mass is 32.2. The largest absolute Gasteiger partial charge is 0.351 e. The fraction of sp³-hybridized carbons (Fsp3) is 0.269. The van der Waals surface area contributed by atoms with E-state index in [1.54, 1.807) is 0 Å². The van der Waals surface area contributed by atoms with Crippen molar-refractivity contribution in [3.8, 4) is 0 Å². The highest BCUT2D eigenvalue weighted by molar-refractivity contribution is 7.89. The lowest BCUT2D eigenvalue weighted by Crippen LogP contribution is -2.36. The smallest absolute Gasteiger partial charge is 0.319 e. The molecule has 200 valence electrons. The van der Waals surface area contributed by atoms with E-state index in [-0.39, 0.29) is 22.6 Å². The minimum absolute atomic E-state index is 0.0558. The van der Waals surface area contributed by atoms with Crippen molar-refractivity contribution in [2.24, 2.45) is 5.73 Å². The number of sulfonamides is 1. The normalized spacial score (nSPS) is 13.7. The van der Waals surface area contributed by atoms with Crippen molar-refractivity contribution >= 4 is 44.2 Å². The van der Waals surface area contributed by atoms with E-state index in [0.717, 1.165) is 29.1 Å². The third-order valence-electron chi connectivity index (χ3n) is 6.35. The first kappa shape index (κ1) is 27.5. The van der Waals surface area contributed by atoms with Crippen LogP contribution in [0.15, 0.2) is 59.5 Å². The molecule has 10 nitrogen and oxygen atoms in total. The average molecular weight is 556 g/mol. The summed E-state index contributed by atoms with van der Waals surface area (Å²) in [5, 5.41) is 5.18. The van der Waals surface area contributed by atoms with Crippen molar-refractivity contribution in [2.75, 3.05) is 25.5 Å². The summed E-state index contributed by atoms with van der Waals surface area (Å²) in [6, 6.07) is 13.9. The van der Waals surface area contributed by atoms with Gasteiger partial charge in [0.1, 0.15) is 5.00 Å². The van der Waals surface area contributed by atoms with Gasteiger partial charge in [-0.05, 0) is 48.4 Å². The number of nitrogens with zero attached hydrogens (tertiary/aromatic N) is 2. The first-order chi connectivity index (χ1) is 18.1. The summed E-state index contributed by atoms with van der Waals surface area (Å²) in [5.41, 5.74) is 7.25. The van der Waals surface area contributed by atoms with Crippen LogP contribution in [0.3, 0.4) is 0 Å². The van der Waals surface area contributed by atoms with Crippen LogP contribution in [0.1, 0.15) is 43.6 Å². The number of fused-ring (bicyclic) bond motifs is 1. The maximum atomic E-state index is 13.1. The molecule has 38 heavy (non-hydrogen) atoms. The second kappa shape index (κ2) is 11.4. The fourth-order valence-electron chi connectivity index (χ4n) is 4.29. The standard InChI is InChI=1S/C26H29N5O5S2/c1-3-31-14-13-20-21(16-31)37-25(22(20)24(33)29-26(27)34)28-23(32)18-9-11-19(12-10-18)38(35,36)30(2)15-17-7-5-4-6-8-17/h4-12H,3,13-16H2,1-2H3,(H,28,32)(H3,27,29,33,34). The molecular formula is C26H29N5O5S2. The highest BCUT2D eigenvalue weighted by Gasteiger charge is 2.29. The van der Waals surface area contributed by atoms with Gasteiger partial charge in [-0.15, -0.1) is 11.3 Å². The molecule has 0 fully saturated rings.